The monoisotopic (exact) mass is 248 g/mol. The number of allylic oxidation sites excluding steroid dienone is 2. The number of phenols is 1. The molecule has 0 amide bonds. The molecule has 1 aromatic carbocycles. The molecule has 0 atom stereocenters. The minimum Gasteiger partial charge on any atom is -0.507 e. The molecule has 0 aromatic heterocycles. The van der Waals surface area contributed by atoms with E-state index in [1.54, 1.807) is 0 Å². The fourth-order valence-corrected chi connectivity index (χ4v) is 1.48. The van der Waals surface area contributed by atoms with E-state index in [1.807, 2.05) is 19.9 Å². The maximum absolute atomic E-state index is 11.0. The summed E-state index contributed by atoms with van der Waals surface area (Å²) in [6.07, 6.45) is 2.86. The van der Waals surface area contributed by atoms with E-state index in [1.165, 1.54) is 19.1 Å². The molecule has 0 aliphatic carbocycles. The van der Waals surface area contributed by atoms with Crippen LogP contribution in [-0.2, 0) is 11.2 Å². The second kappa shape index (κ2) is 6.00. The Morgan fingerprint density at radius 1 is 1.33 bits per heavy atom. The van der Waals surface area contributed by atoms with Crippen LogP contribution < -0.4 is 4.74 Å². The van der Waals surface area contributed by atoms with E-state index in [0.717, 1.165) is 5.57 Å². The number of aromatic hydroxyl groups is 1. The fourth-order valence-electron chi connectivity index (χ4n) is 1.48. The van der Waals surface area contributed by atoms with Gasteiger partial charge in [-0.3, -0.25) is 9.59 Å². The zero-order valence-electron chi connectivity index (χ0n) is 10.7. The Bertz CT molecular complexity index is 497. The minimum absolute atomic E-state index is 0.138. The summed E-state index contributed by atoms with van der Waals surface area (Å²) in [7, 11) is 0. The molecule has 0 radical (unpaired) electrons. The summed E-state index contributed by atoms with van der Waals surface area (Å²) in [5.41, 5.74) is 1.69. The fraction of sp³-hybridized carbons (Fsp3) is 0.286. The highest BCUT2D eigenvalue weighted by Gasteiger charge is 2.13. The van der Waals surface area contributed by atoms with Crippen molar-refractivity contribution in [1.82, 2.24) is 0 Å². The standard InChI is InChI=1S/C14H16O4/c1-9(2)4-6-12-13(18-10(3)16)7-5-11(8-15)14(12)17/h4-5,7-8,17H,6H2,1-3H3. The molecule has 4 heteroatoms. The molecule has 0 unspecified atom stereocenters. The summed E-state index contributed by atoms with van der Waals surface area (Å²) in [6.45, 7) is 5.13. The maximum Gasteiger partial charge on any atom is 0.308 e. The Kier molecular flexibility index (Phi) is 4.66. The summed E-state index contributed by atoms with van der Waals surface area (Å²) >= 11 is 0. The van der Waals surface area contributed by atoms with Gasteiger partial charge < -0.3 is 9.84 Å². The molecule has 1 aromatic rings. The van der Waals surface area contributed by atoms with E-state index in [4.69, 9.17) is 4.74 Å². The molecule has 1 rings (SSSR count). The molecule has 0 aliphatic rings. The van der Waals surface area contributed by atoms with Crippen molar-refractivity contribution in [3.8, 4) is 11.5 Å². The van der Waals surface area contributed by atoms with E-state index in [-0.39, 0.29) is 17.1 Å². The zero-order chi connectivity index (χ0) is 13.7. The molecule has 0 saturated heterocycles. The van der Waals surface area contributed by atoms with Crippen LogP contribution in [0.2, 0.25) is 0 Å². The lowest BCUT2D eigenvalue weighted by Crippen LogP contribution is -2.04. The summed E-state index contributed by atoms with van der Waals surface area (Å²) < 4.78 is 5.01. The van der Waals surface area contributed by atoms with Gasteiger partial charge in [0.05, 0.1) is 5.56 Å². The number of esters is 1. The van der Waals surface area contributed by atoms with Crippen LogP contribution in [0.3, 0.4) is 0 Å². The molecule has 4 nitrogen and oxygen atoms in total. The van der Waals surface area contributed by atoms with E-state index in [9.17, 15) is 14.7 Å². The first-order valence-corrected chi connectivity index (χ1v) is 5.57. The van der Waals surface area contributed by atoms with Gasteiger partial charge in [-0.2, -0.15) is 0 Å². The molecule has 0 heterocycles. The highest BCUT2D eigenvalue weighted by atomic mass is 16.5. The quantitative estimate of drug-likeness (QED) is 0.385. The SMILES string of the molecule is CC(=O)Oc1ccc(C=O)c(O)c1CC=C(C)C. The summed E-state index contributed by atoms with van der Waals surface area (Å²) in [5, 5.41) is 9.94. The number of rotatable bonds is 4. The maximum atomic E-state index is 11.0. The van der Waals surface area contributed by atoms with E-state index in [0.29, 0.717) is 18.3 Å². The third-order valence-electron chi connectivity index (χ3n) is 2.37. The van der Waals surface area contributed by atoms with Crippen molar-refractivity contribution in [3.63, 3.8) is 0 Å². The van der Waals surface area contributed by atoms with Crippen molar-refractivity contribution < 1.29 is 19.4 Å². The second-order valence-corrected chi connectivity index (χ2v) is 4.18. The number of carbonyl (C=O) groups excluding carboxylic acids is 2. The van der Waals surface area contributed by atoms with Crippen LogP contribution in [0, 0.1) is 0 Å². The first-order chi connectivity index (χ1) is 8.45. The first-order valence-electron chi connectivity index (χ1n) is 5.57. The Balaban J connectivity index is 3.25. The van der Waals surface area contributed by atoms with Gasteiger partial charge in [0.25, 0.3) is 0 Å². The van der Waals surface area contributed by atoms with Crippen molar-refractivity contribution in [2.45, 2.75) is 27.2 Å². The van der Waals surface area contributed by atoms with E-state index >= 15 is 0 Å². The normalized spacial score (nSPS) is 9.72. The Morgan fingerprint density at radius 3 is 2.50 bits per heavy atom. The lowest BCUT2D eigenvalue weighted by molar-refractivity contribution is -0.131. The summed E-state index contributed by atoms with van der Waals surface area (Å²) in [5.74, 6) is -0.323. The van der Waals surface area contributed by atoms with Crippen molar-refractivity contribution in [3.05, 3.63) is 34.9 Å². The average Bonchev–Trinajstić information content (AvgIpc) is 2.27. The minimum atomic E-state index is -0.466. The molecule has 96 valence electrons. The molecule has 18 heavy (non-hydrogen) atoms. The molecule has 0 bridgehead atoms. The first kappa shape index (κ1) is 14.0. The second-order valence-electron chi connectivity index (χ2n) is 4.18. The van der Waals surface area contributed by atoms with E-state index in [2.05, 4.69) is 0 Å². The third-order valence-corrected chi connectivity index (χ3v) is 2.37. The van der Waals surface area contributed by atoms with Gasteiger partial charge >= 0.3 is 5.97 Å². The number of phenolic OH excluding ortho intramolecular Hbond substituents is 1. The van der Waals surface area contributed by atoms with Gasteiger partial charge in [-0.05, 0) is 32.4 Å². The predicted octanol–water partition coefficient (Wildman–Crippen LogP) is 2.64. The summed E-state index contributed by atoms with van der Waals surface area (Å²) in [4.78, 5) is 21.7. The smallest absolute Gasteiger partial charge is 0.308 e. The van der Waals surface area contributed by atoms with Crippen LogP contribution in [0.25, 0.3) is 0 Å². The molecular weight excluding hydrogens is 232 g/mol. The number of hydrogen-bond acceptors (Lipinski definition) is 4. The van der Waals surface area contributed by atoms with Gasteiger partial charge in [0.1, 0.15) is 11.5 Å². The van der Waals surface area contributed by atoms with Crippen molar-refractivity contribution in [1.29, 1.82) is 0 Å². The van der Waals surface area contributed by atoms with Crippen molar-refractivity contribution in [2.75, 3.05) is 0 Å². The Hall–Kier alpha value is -2.10. The lowest BCUT2D eigenvalue weighted by Gasteiger charge is -2.11. The highest BCUT2D eigenvalue weighted by Crippen LogP contribution is 2.31. The van der Waals surface area contributed by atoms with Crippen LogP contribution in [0.4, 0.5) is 0 Å². The van der Waals surface area contributed by atoms with Crippen LogP contribution in [0.15, 0.2) is 23.8 Å². The van der Waals surface area contributed by atoms with Crippen LogP contribution in [0.5, 0.6) is 11.5 Å². The predicted molar refractivity (Wildman–Crippen MR) is 67.9 cm³/mol. The number of aldehydes is 1. The number of hydrogen-bond donors (Lipinski definition) is 1. The Morgan fingerprint density at radius 2 is 2.00 bits per heavy atom. The van der Waals surface area contributed by atoms with Gasteiger partial charge in [-0.15, -0.1) is 0 Å². The summed E-state index contributed by atoms with van der Waals surface area (Å²) in [6, 6.07) is 2.94. The van der Waals surface area contributed by atoms with Crippen molar-refractivity contribution in [2.24, 2.45) is 0 Å². The van der Waals surface area contributed by atoms with E-state index < -0.39 is 5.97 Å². The molecule has 0 spiro atoms. The van der Waals surface area contributed by atoms with Crippen LogP contribution in [-0.4, -0.2) is 17.4 Å². The molecular formula is C14H16O4. The van der Waals surface area contributed by atoms with Gasteiger partial charge in [0, 0.05) is 12.5 Å². The van der Waals surface area contributed by atoms with Gasteiger partial charge in [0.2, 0.25) is 0 Å². The molecule has 0 aliphatic heterocycles. The van der Waals surface area contributed by atoms with Gasteiger partial charge in [-0.1, -0.05) is 11.6 Å². The number of benzene rings is 1. The highest BCUT2D eigenvalue weighted by molar-refractivity contribution is 5.81. The van der Waals surface area contributed by atoms with Gasteiger partial charge in [-0.25, -0.2) is 0 Å². The molecule has 0 fully saturated rings. The largest absolute Gasteiger partial charge is 0.507 e. The number of carbonyl (C=O) groups is 2. The van der Waals surface area contributed by atoms with Gasteiger partial charge in [0.15, 0.2) is 6.29 Å². The zero-order valence-corrected chi connectivity index (χ0v) is 10.7. The molecule has 1 N–H and O–H groups in total. The number of ether oxygens (including phenoxy) is 1. The Labute approximate surface area is 106 Å². The van der Waals surface area contributed by atoms with Crippen molar-refractivity contribution >= 4 is 12.3 Å². The van der Waals surface area contributed by atoms with Crippen LogP contribution >= 0.6 is 0 Å². The average molecular weight is 248 g/mol. The molecule has 0 saturated carbocycles. The van der Waals surface area contributed by atoms with Crippen LogP contribution in [0.1, 0.15) is 36.7 Å². The lowest BCUT2D eigenvalue weighted by atomic mass is 10.0. The topological polar surface area (TPSA) is 63.6 Å². The third kappa shape index (κ3) is 3.45.